The van der Waals surface area contributed by atoms with Gasteiger partial charge in [0.1, 0.15) is 16.1 Å². The molecule has 34 heavy (non-hydrogen) atoms. The zero-order valence-corrected chi connectivity index (χ0v) is 20.0. The van der Waals surface area contributed by atoms with Crippen LogP contribution in [0.3, 0.4) is 0 Å². The zero-order chi connectivity index (χ0) is 24.0. The topological polar surface area (TPSA) is 85.1 Å². The average Bonchev–Trinajstić information content (AvgIpc) is 2.87. The Balaban J connectivity index is 1.85. The first-order valence-corrected chi connectivity index (χ1v) is 11.7. The fraction of sp³-hybridized carbons (Fsp3) is 0.107. The first kappa shape index (κ1) is 23.4. The number of pyridine rings is 1. The highest BCUT2D eigenvalue weighted by molar-refractivity contribution is 9.10. The summed E-state index contributed by atoms with van der Waals surface area (Å²) in [6, 6.07) is 31.4. The third kappa shape index (κ3) is 4.63. The Morgan fingerprint density at radius 2 is 1.26 bits per heavy atom. The molecule has 4 aromatic rings. The second kappa shape index (κ2) is 10.4. The molecule has 3 N–H and O–H groups in total. The van der Waals surface area contributed by atoms with Crippen molar-refractivity contribution in [2.45, 2.75) is 17.9 Å². The van der Waals surface area contributed by atoms with Crippen LogP contribution in [0, 0.1) is 0 Å². The van der Waals surface area contributed by atoms with Gasteiger partial charge in [0.05, 0.1) is 0 Å². The van der Waals surface area contributed by atoms with Gasteiger partial charge in [-0.1, -0.05) is 97.1 Å². The lowest BCUT2D eigenvalue weighted by atomic mass is 9.68. The lowest BCUT2D eigenvalue weighted by molar-refractivity contribution is -0.129. The number of benzene rings is 3. The van der Waals surface area contributed by atoms with E-state index in [2.05, 4.69) is 26.2 Å². The summed E-state index contributed by atoms with van der Waals surface area (Å²) in [5, 5.41) is 2.97. The van der Waals surface area contributed by atoms with Crippen molar-refractivity contribution in [2.75, 3.05) is 0 Å². The molecule has 170 valence electrons. The Hall–Kier alpha value is -3.77. The van der Waals surface area contributed by atoms with E-state index in [0.717, 1.165) is 22.3 Å². The summed E-state index contributed by atoms with van der Waals surface area (Å²) in [5.74, 6) is -0.952. The van der Waals surface area contributed by atoms with Crippen LogP contribution in [-0.4, -0.2) is 22.8 Å². The van der Waals surface area contributed by atoms with Gasteiger partial charge in [-0.15, -0.1) is 0 Å². The van der Waals surface area contributed by atoms with Crippen LogP contribution < -0.4 is 11.1 Å². The van der Waals surface area contributed by atoms with Gasteiger partial charge in [0.25, 0.3) is 0 Å². The van der Waals surface area contributed by atoms with Gasteiger partial charge in [-0.05, 0) is 44.3 Å². The predicted octanol–water partition coefficient (Wildman–Crippen LogP) is 4.39. The highest BCUT2D eigenvalue weighted by Crippen LogP contribution is 2.39. The molecule has 0 saturated heterocycles. The molecule has 5 nitrogen and oxygen atoms in total. The molecule has 1 aromatic heterocycles. The largest absolute Gasteiger partial charge is 0.368 e. The number of hydrogen-bond donors (Lipinski definition) is 2. The van der Waals surface area contributed by atoms with Gasteiger partial charge < -0.3 is 11.1 Å². The van der Waals surface area contributed by atoms with Crippen molar-refractivity contribution < 1.29 is 9.59 Å². The van der Waals surface area contributed by atoms with Crippen molar-refractivity contribution in [1.82, 2.24) is 10.3 Å². The Bertz CT molecular complexity index is 1170. The molecule has 0 unspecified atom stereocenters. The van der Waals surface area contributed by atoms with Gasteiger partial charge in [0.2, 0.25) is 11.8 Å². The first-order valence-electron chi connectivity index (χ1n) is 10.9. The normalized spacial score (nSPS) is 12.0. The third-order valence-electron chi connectivity index (χ3n) is 5.87. The number of carbonyl (C=O) groups is 2. The number of hydrogen-bond acceptors (Lipinski definition) is 3. The van der Waals surface area contributed by atoms with Crippen molar-refractivity contribution in [1.29, 1.82) is 0 Å². The summed E-state index contributed by atoms with van der Waals surface area (Å²) in [7, 11) is 0. The SMILES string of the molecule is NC(=O)[C@@H](Cc1cccnc1Br)NC(=O)C(c1ccccc1)(c1ccccc1)c1ccccc1. The Morgan fingerprint density at radius 1 is 0.794 bits per heavy atom. The number of nitrogens with two attached hydrogens (primary N) is 1. The monoisotopic (exact) mass is 513 g/mol. The van der Waals surface area contributed by atoms with Gasteiger partial charge in [-0.25, -0.2) is 4.98 Å². The van der Waals surface area contributed by atoms with E-state index in [9.17, 15) is 9.59 Å². The highest BCUT2D eigenvalue weighted by atomic mass is 79.9. The summed E-state index contributed by atoms with van der Waals surface area (Å²) in [6.07, 6.45) is 1.86. The molecule has 0 aliphatic rings. The second-order valence-corrected chi connectivity index (χ2v) is 8.69. The lowest BCUT2D eigenvalue weighted by Crippen LogP contribution is -2.54. The number of aromatic nitrogens is 1. The fourth-order valence-electron chi connectivity index (χ4n) is 4.24. The van der Waals surface area contributed by atoms with Crippen LogP contribution in [0.4, 0.5) is 0 Å². The second-order valence-electron chi connectivity index (χ2n) is 7.93. The summed E-state index contributed by atoms with van der Waals surface area (Å²) < 4.78 is 0.607. The summed E-state index contributed by atoms with van der Waals surface area (Å²) in [5.41, 5.74) is 7.70. The number of primary amides is 1. The van der Waals surface area contributed by atoms with Crippen LogP contribution in [0.1, 0.15) is 22.3 Å². The molecular weight excluding hydrogens is 490 g/mol. The minimum Gasteiger partial charge on any atom is -0.368 e. The maximum absolute atomic E-state index is 14.3. The van der Waals surface area contributed by atoms with E-state index in [4.69, 9.17) is 5.73 Å². The molecule has 0 spiro atoms. The maximum Gasteiger partial charge on any atom is 0.240 e. The molecular formula is C28H24BrN3O2. The number of nitrogens with zero attached hydrogens (tertiary/aromatic N) is 1. The molecule has 0 aliphatic carbocycles. The third-order valence-corrected chi connectivity index (χ3v) is 6.58. The Labute approximate surface area is 207 Å². The number of carbonyl (C=O) groups excluding carboxylic acids is 2. The summed E-state index contributed by atoms with van der Waals surface area (Å²) in [4.78, 5) is 31.0. The van der Waals surface area contributed by atoms with Crippen LogP contribution in [0.25, 0.3) is 0 Å². The molecule has 1 atom stereocenters. The molecule has 6 heteroatoms. The summed E-state index contributed by atoms with van der Waals surface area (Å²) in [6.45, 7) is 0. The van der Waals surface area contributed by atoms with E-state index in [1.807, 2.05) is 97.1 Å². The average molecular weight is 514 g/mol. The van der Waals surface area contributed by atoms with Crippen molar-refractivity contribution in [3.63, 3.8) is 0 Å². The van der Waals surface area contributed by atoms with Gasteiger partial charge in [-0.3, -0.25) is 9.59 Å². The molecule has 0 radical (unpaired) electrons. The molecule has 2 amide bonds. The van der Waals surface area contributed by atoms with E-state index < -0.39 is 17.4 Å². The molecule has 1 heterocycles. The van der Waals surface area contributed by atoms with Crippen LogP contribution in [-0.2, 0) is 21.4 Å². The summed E-state index contributed by atoms with van der Waals surface area (Å²) >= 11 is 3.41. The van der Waals surface area contributed by atoms with Gasteiger partial charge >= 0.3 is 0 Å². The van der Waals surface area contributed by atoms with Gasteiger partial charge in [-0.2, -0.15) is 0 Å². The number of amides is 2. The number of halogens is 1. The standard InChI is InChI=1S/C28H24BrN3O2/c29-25-20(11-10-18-31-25)19-24(26(30)33)32-27(34)28(21-12-4-1-5-13-21,22-14-6-2-7-15-22)23-16-8-3-9-17-23/h1-18,24H,19H2,(H2,30,33)(H,32,34)/t24-/m1/s1. The number of nitrogens with one attached hydrogen (secondary N) is 1. The smallest absolute Gasteiger partial charge is 0.240 e. The van der Waals surface area contributed by atoms with E-state index in [1.54, 1.807) is 12.3 Å². The van der Waals surface area contributed by atoms with Crippen LogP contribution in [0.2, 0.25) is 0 Å². The van der Waals surface area contributed by atoms with Crippen molar-refractivity contribution in [2.24, 2.45) is 5.73 Å². The Kier molecular flexibility index (Phi) is 7.18. The quantitative estimate of drug-likeness (QED) is 0.270. The number of rotatable bonds is 8. The minimum atomic E-state index is -1.19. The van der Waals surface area contributed by atoms with E-state index >= 15 is 0 Å². The lowest BCUT2D eigenvalue weighted by Gasteiger charge is -2.35. The van der Waals surface area contributed by atoms with Gasteiger partial charge in [0, 0.05) is 12.6 Å². The molecule has 4 rings (SSSR count). The van der Waals surface area contributed by atoms with Crippen molar-refractivity contribution in [3.8, 4) is 0 Å². The molecule has 0 bridgehead atoms. The molecule has 3 aromatic carbocycles. The van der Waals surface area contributed by atoms with Crippen molar-refractivity contribution >= 4 is 27.7 Å². The predicted molar refractivity (Wildman–Crippen MR) is 136 cm³/mol. The molecule has 0 fully saturated rings. The highest BCUT2D eigenvalue weighted by Gasteiger charge is 2.44. The van der Waals surface area contributed by atoms with Crippen molar-refractivity contribution in [3.05, 3.63) is 136 Å². The fourth-order valence-corrected chi connectivity index (χ4v) is 4.65. The van der Waals surface area contributed by atoms with Crippen LogP contribution >= 0.6 is 15.9 Å². The molecule has 0 saturated carbocycles. The van der Waals surface area contributed by atoms with E-state index in [1.165, 1.54) is 0 Å². The van der Waals surface area contributed by atoms with Gasteiger partial charge in [0.15, 0.2) is 0 Å². The minimum absolute atomic E-state index is 0.212. The first-order chi connectivity index (χ1) is 16.5. The van der Waals surface area contributed by atoms with Crippen LogP contribution in [0.15, 0.2) is 114 Å². The zero-order valence-electron chi connectivity index (χ0n) is 18.4. The van der Waals surface area contributed by atoms with E-state index in [-0.39, 0.29) is 12.3 Å². The maximum atomic E-state index is 14.3. The van der Waals surface area contributed by atoms with Crippen LogP contribution in [0.5, 0.6) is 0 Å². The Morgan fingerprint density at radius 3 is 1.68 bits per heavy atom. The van der Waals surface area contributed by atoms with E-state index in [0.29, 0.717) is 4.60 Å². The molecule has 0 aliphatic heterocycles.